The minimum absolute atomic E-state index is 0.103. The molecule has 0 spiro atoms. The van der Waals surface area contributed by atoms with Crippen molar-refractivity contribution < 1.29 is 17.9 Å². The van der Waals surface area contributed by atoms with E-state index in [0.29, 0.717) is 6.54 Å². The van der Waals surface area contributed by atoms with Gasteiger partial charge >= 0.3 is 0 Å². The van der Waals surface area contributed by atoms with E-state index in [4.69, 9.17) is 4.74 Å². The number of rotatable bonds is 7. The monoisotopic (exact) mass is 445 g/mol. The quantitative estimate of drug-likeness (QED) is 0.526. The third-order valence-corrected chi connectivity index (χ3v) is 6.24. The number of benzene rings is 1. The third-order valence-electron chi connectivity index (χ3n) is 5.26. The van der Waals surface area contributed by atoms with E-state index in [-0.39, 0.29) is 34.6 Å². The Hall–Kier alpha value is -3.21. The fourth-order valence-electron chi connectivity index (χ4n) is 3.49. The Labute approximate surface area is 179 Å². The average Bonchev–Trinajstić information content (AvgIpc) is 3.50. The van der Waals surface area contributed by atoms with Crippen LogP contribution in [0.15, 0.2) is 40.4 Å². The van der Waals surface area contributed by atoms with Gasteiger partial charge in [0.25, 0.3) is 5.56 Å². The summed E-state index contributed by atoms with van der Waals surface area (Å²) in [5, 5.41) is 3.50. The number of sulfone groups is 1. The van der Waals surface area contributed by atoms with Crippen molar-refractivity contribution in [1.29, 1.82) is 0 Å². The molecule has 2 heterocycles. The van der Waals surface area contributed by atoms with Crippen molar-refractivity contribution in [1.82, 2.24) is 24.2 Å². The first-order valence-electron chi connectivity index (χ1n) is 9.73. The lowest BCUT2D eigenvalue weighted by Crippen LogP contribution is -2.37. The summed E-state index contributed by atoms with van der Waals surface area (Å²) in [5.74, 6) is 0.503. The van der Waals surface area contributed by atoms with Crippen LogP contribution in [0.25, 0.3) is 11.0 Å². The number of hydrogen-bond donors (Lipinski definition) is 0. The van der Waals surface area contributed by atoms with Gasteiger partial charge < -0.3 is 9.64 Å². The van der Waals surface area contributed by atoms with Crippen LogP contribution in [0.2, 0.25) is 0 Å². The fraction of sp³-hybridized carbons (Fsp3) is 0.400. The van der Waals surface area contributed by atoms with Gasteiger partial charge in [0, 0.05) is 25.9 Å². The van der Waals surface area contributed by atoms with Gasteiger partial charge in [0.15, 0.2) is 20.5 Å². The van der Waals surface area contributed by atoms with Crippen molar-refractivity contribution in [2.45, 2.75) is 37.0 Å². The molecule has 0 atom stereocenters. The number of amides is 1. The van der Waals surface area contributed by atoms with Gasteiger partial charge in [-0.3, -0.25) is 14.2 Å². The Bertz CT molecular complexity index is 1310. The maximum Gasteiger partial charge on any atom is 0.266 e. The minimum atomic E-state index is -3.73. The van der Waals surface area contributed by atoms with Crippen LogP contribution in [0.4, 0.5) is 0 Å². The van der Waals surface area contributed by atoms with Gasteiger partial charge in [-0.1, -0.05) is 12.1 Å². The van der Waals surface area contributed by atoms with Crippen molar-refractivity contribution in [2.75, 3.05) is 13.4 Å². The van der Waals surface area contributed by atoms with E-state index in [1.807, 2.05) is 24.3 Å². The molecule has 0 radical (unpaired) electrons. The third kappa shape index (κ3) is 4.18. The largest absolute Gasteiger partial charge is 0.497 e. The summed E-state index contributed by atoms with van der Waals surface area (Å²) in [6.45, 7) is 0.186. The molecule has 0 unspecified atom stereocenters. The first-order valence-corrected chi connectivity index (χ1v) is 11.6. The van der Waals surface area contributed by atoms with E-state index in [9.17, 15) is 18.0 Å². The molecule has 31 heavy (non-hydrogen) atoms. The number of hydrogen-bond acceptors (Lipinski definition) is 7. The van der Waals surface area contributed by atoms with Crippen LogP contribution >= 0.6 is 0 Å². The highest BCUT2D eigenvalue weighted by Gasteiger charge is 2.33. The van der Waals surface area contributed by atoms with E-state index in [2.05, 4.69) is 10.1 Å². The van der Waals surface area contributed by atoms with Gasteiger partial charge in [-0.15, -0.1) is 0 Å². The van der Waals surface area contributed by atoms with Gasteiger partial charge in [-0.05, 0) is 30.5 Å². The molecule has 2 aromatic heterocycles. The SMILES string of the molecule is COc1ccc(CN(C(=O)Cn2cnc3c(c(S(C)(=O)=O)nn3C)c2=O)C2CC2)cc1. The number of aromatic nitrogens is 4. The number of ether oxygens (including phenoxy) is 1. The second kappa shape index (κ2) is 7.80. The summed E-state index contributed by atoms with van der Waals surface area (Å²) < 4.78 is 31.7. The molecule has 0 bridgehead atoms. The van der Waals surface area contributed by atoms with Crippen LogP contribution < -0.4 is 10.3 Å². The maximum atomic E-state index is 13.1. The van der Waals surface area contributed by atoms with Crippen molar-refractivity contribution in [3.63, 3.8) is 0 Å². The lowest BCUT2D eigenvalue weighted by molar-refractivity contribution is -0.133. The highest BCUT2D eigenvalue weighted by molar-refractivity contribution is 7.90. The first kappa shape index (κ1) is 21.0. The number of carbonyl (C=O) groups is 1. The van der Waals surface area contributed by atoms with Crippen molar-refractivity contribution in [3.05, 3.63) is 46.5 Å². The van der Waals surface area contributed by atoms with Gasteiger partial charge in [0.1, 0.15) is 24.0 Å². The number of fused-ring (bicyclic) bond motifs is 1. The molecule has 1 fully saturated rings. The fourth-order valence-corrected chi connectivity index (χ4v) is 4.31. The molecule has 0 N–H and O–H groups in total. The van der Waals surface area contributed by atoms with Crippen molar-refractivity contribution in [3.8, 4) is 5.75 Å². The zero-order valence-corrected chi connectivity index (χ0v) is 18.3. The van der Waals surface area contributed by atoms with Crippen LogP contribution in [0.5, 0.6) is 5.75 Å². The number of carbonyl (C=O) groups excluding carboxylic acids is 1. The van der Waals surface area contributed by atoms with E-state index in [0.717, 1.165) is 35.0 Å². The molecule has 10 nitrogen and oxygen atoms in total. The van der Waals surface area contributed by atoms with E-state index < -0.39 is 15.4 Å². The summed E-state index contributed by atoms with van der Waals surface area (Å²) >= 11 is 0. The molecule has 1 aliphatic carbocycles. The Morgan fingerprint density at radius 3 is 2.52 bits per heavy atom. The summed E-state index contributed by atoms with van der Waals surface area (Å²) in [6.07, 6.45) is 4.07. The number of nitrogens with zero attached hydrogens (tertiary/aromatic N) is 5. The van der Waals surface area contributed by atoms with E-state index >= 15 is 0 Å². The number of methoxy groups -OCH3 is 1. The van der Waals surface area contributed by atoms with Crippen LogP contribution in [-0.4, -0.2) is 58.0 Å². The summed E-state index contributed by atoms with van der Waals surface area (Å²) in [6, 6.07) is 7.60. The Balaban J connectivity index is 1.63. The zero-order chi connectivity index (χ0) is 22.3. The molecule has 1 saturated carbocycles. The van der Waals surface area contributed by atoms with Crippen molar-refractivity contribution in [2.24, 2.45) is 7.05 Å². The highest BCUT2D eigenvalue weighted by atomic mass is 32.2. The molecule has 11 heteroatoms. The molecule has 3 aromatic rings. The lowest BCUT2D eigenvalue weighted by Gasteiger charge is -2.23. The lowest BCUT2D eigenvalue weighted by atomic mass is 10.2. The predicted octanol–water partition coefficient (Wildman–Crippen LogP) is 0.733. The van der Waals surface area contributed by atoms with Gasteiger partial charge in [-0.2, -0.15) is 5.10 Å². The minimum Gasteiger partial charge on any atom is -0.497 e. The Kier molecular flexibility index (Phi) is 5.29. The Morgan fingerprint density at radius 1 is 1.26 bits per heavy atom. The summed E-state index contributed by atoms with van der Waals surface area (Å²) in [7, 11) is -0.625. The number of aryl methyl sites for hydroxylation is 1. The molecular formula is C20H23N5O5S. The molecule has 1 aromatic carbocycles. The van der Waals surface area contributed by atoms with Crippen LogP contribution in [0.3, 0.4) is 0 Å². The second-order valence-corrected chi connectivity index (χ2v) is 9.61. The van der Waals surface area contributed by atoms with E-state index in [1.54, 1.807) is 12.0 Å². The molecule has 1 amide bonds. The first-order chi connectivity index (χ1) is 14.7. The molecule has 0 aliphatic heterocycles. The predicted molar refractivity (Wildman–Crippen MR) is 112 cm³/mol. The van der Waals surface area contributed by atoms with Crippen LogP contribution in [0, 0.1) is 0 Å². The molecule has 4 rings (SSSR count). The molecule has 0 saturated heterocycles. The average molecular weight is 446 g/mol. The normalized spacial score (nSPS) is 14.0. The van der Waals surface area contributed by atoms with Crippen LogP contribution in [-0.2, 0) is 34.8 Å². The topological polar surface area (TPSA) is 116 Å². The van der Waals surface area contributed by atoms with E-state index in [1.165, 1.54) is 18.1 Å². The summed E-state index contributed by atoms with van der Waals surface area (Å²) in [4.78, 5) is 32.0. The zero-order valence-electron chi connectivity index (χ0n) is 17.5. The molecule has 164 valence electrons. The Morgan fingerprint density at radius 2 is 1.94 bits per heavy atom. The van der Waals surface area contributed by atoms with Crippen molar-refractivity contribution >= 4 is 26.8 Å². The molecule has 1 aliphatic rings. The van der Waals surface area contributed by atoms with Gasteiger partial charge in [-0.25, -0.2) is 18.1 Å². The van der Waals surface area contributed by atoms with Crippen LogP contribution in [0.1, 0.15) is 18.4 Å². The maximum absolute atomic E-state index is 13.1. The van der Waals surface area contributed by atoms with Gasteiger partial charge in [0.2, 0.25) is 5.91 Å². The second-order valence-electron chi connectivity index (χ2n) is 7.68. The summed E-state index contributed by atoms with van der Waals surface area (Å²) in [5.41, 5.74) is 0.507. The smallest absolute Gasteiger partial charge is 0.266 e. The molecular weight excluding hydrogens is 422 g/mol. The van der Waals surface area contributed by atoms with Gasteiger partial charge in [0.05, 0.1) is 7.11 Å². The highest BCUT2D eigenvalue weighted by Crippen LogP contribution is 2.29. The standard InChI is InChI=1S/C20H23N5O5S/c1-23-18-17(19(22-23)31(3,28)29)20(27)24(12-21-18)11-16(26)25(14-6-7-14)10-13-4-8-15(30-2)9-5-13/h4-5,8-9,12,14H,6-7,10-11H2,1-3H3.